The number of hydrogen-bond acceptors (Lipinski definition) is 3. The Labute approximate surface area is 132 Å². The van der Waals surface area contributed by atoms with E-state index in [1.165, 1.54) is 0 Å². The van der Waals surface area contributed by atoms with Crippen LogP contribution >= 0.6 is 15.9 Å². The summed E-state index contributed by atoms with van der Waals surface area (Å²) in [5.41, 5.74) is 2.41. The third kappa shape index (κ3) is 4.11. The first-order chi connectivity index (χ1) is 9.99. The van der Waals surface area contributed by atoms with Crippen LogP contribution in [-0.2, 0) is 17.6 Å². The van der Waals surface area contributed by atoms with Gasteiger partial charge < -0.3 is 5.11 Å². The second-order valence-corrected chi connectivity index (χ2v) is 5.83. The van der Waals surface area contributed by atoms with Crippen LogP contribution in [0.25, 0.3) is 0 Å². The fourth-order valence-electron chi connectivity index (χ4n) is 2.23. The minimum Gasteiger partial charge on any atom is -0.481 e. The van der Waals surface area contributed by atoms with E-state index in [0.29, 0.717) is 17.9 Å². The van der Waals surface area contributed by atoms with Crippen LogP contribution in [0, 0.1) is 6.92 Å². The van der Waals surface area contributed by atoms with Crippen LogP contribution in [-0.4, -0.2) is 21.0 Å². The summed E-state index contributed by atoms with van der Waals surface area (Å²) in [6.07, 6.45) is 1.17. The number of aryl methyl sites for hydroxylation is 2. The number of carbonyl (C=O) groups is 1. The standard InChI is InChI=1S/C16H17BrN2O2/c1-3-13-9-15(19-10(2)18-13)14(16(20)21)8-11-5-4-6-12(17)7-11/h4-7,9,14H,3,8H2,1-2H3,(H,20,21). The molecule has 0 aliphatic carbocycles. The van der Waals surface area contributed by atoms with Gasteiger partial charge in [-0.1, -0.05) is 35.0 Å². The Kier molecular flexibility index (Phi) is 5.07. The monoisotopic (exact) mass is 348 g/mol. The zero-order valence-electron chi connectivity index (χ0n) is 12.0. The molecule has 0 aliphatic rings. The molecule has 1 heterocycles. The Bertz CT molecular complexity index is 658. The molecule has 0 bridgehead atoms. The van der Waals surface area contributed by atoms with E-state index in [-0.39, 0.29) is 0 Å². The number of hydrogen-bond donors (Lipinski definition) is 1. The molecule has 1 unspecified atom stereocenters. The highest BCUT2D eigenvalue weighted by Gasteiger charge is 2.23. The maximum absolute atomic E-state index is 11.6. The van der Waals surface area contributed by atoms with Crippen molar-refractivity contribution in [1.82, 2.24) is 9.97 Å². The molecule has 1 aromatic carbocycles. The number of aromatic nitrogens is 2. The van der Waals surface area contributed by atoms with Crippen molar-refractivity contribution in [2.75, 3.05) is 0 Å². The molecule has 1 N–H and O–H groups in total. The summed E-state index contributed by atoms with van der Waals surface area (Å²) in [4.78, 5) is 20.3. The van der Waals surface area contributed by atoms with Crippen LogP contribution < -0.4 is 0 Å². The lowest BCUT2D eigenvalue weighted by molar-refractivity contribution is -0.138. The van der Waals surface area contributed by atoms with Crippen LogP contribution in [0.5, 0.6) is 0 Å². The van der Waals surface area contributed by atoms with Crippen molar-refractivity contribution in [3.05, 3.63) is 57.6 Å². The zero-order chi connectivity index (χ0) is 15.4. The molecule has 2 rings (SSSR count). The molecular formula is C16H17BrN2O2. The fraction of sp³-hybridized carbons (Fsp3) is 0.312. The summed E-state index contributed by atoms with van der Waals surface area (Å²) < 4.78 is 0.942. The molecule has 0 fully saturated rings. The first-order valence-electron chi connectivity index (χ1n) is 6.81. The lowest BCUT2D eigenvalue weighted by Gasteiger charge is -2.14. The van der Waals surface area contributed by atoms with E-state index in [0.717, 1.165) is 22.2 Å². The summed E-state index contributed by atoms with van der Waals surface area (Å²) in [7, 11) is 0. The highest BCUT2D eigenvalue weighted by Crippen LogP contribution is 2.22. The van der Waals surface area contributed by atoms with E-state index in [4.69, 9.17) is 0 Å². The topological polar surface area (TPSA) is 63.1 Å². The van der Waals surface area contributed by atoms with Crippen molar-refractivity contribution < 1.29 is 9.90 Å². The Morgan fingerprint density at radius 2 is 2.10 bits per heavy atom. The van der Waals surface area contributed by atoms with E-state index in [2.05, 4.69) is 25.9 Å². The van der Waals surface area contributed by atoms with Crippen molar-refractivity contribution in [3.8, 4) is 0 Å². The molecule has 0 amide bonds. The smallest absolute Gasteiger partial charge is 0.312 e. The second-order valence-electron chi connectivity index (χ2n) is 4.91. The highest BCUT2D eigenvalue weighted by molar-refractivity contribution is 9.10. The summed E-state index contributed by atoms with van der Waals surface area (Å²) >= 11 is 3.41. The number of nitrogens with zero attached hydrogens (tertiary/aromatic N) is 2. The van der Waals surface area contributed by atoms with Crippen molar-refractivity contribution in [1.29, 1.82) is 0 Å². The maximum Gasteiger partial charge on any atom is 0.312 e. The average Bonchev–Trinajstić information content (AvgIpc) is 2.43. The summed E-state index contributed by atoms with van der Waals surface area (Å²) in [6, 6.07) is 9.48. The van der Waals surface area contributed by atoms with Crippen LogP contribution in [0.1, 0.15) is 35.6 Å². The molecule has 0 saturated heterocycles. The molecule has 0 spiro atoms. The van der Waals surface area contributed by atoms with E-state index < -0.39 is 11.9 Å². The minimum absolute atomic E-state index is 0.411. The van der Waals surface area contributed by atoms with Gasteiger partial charge in [0.05, 0.1) is 5.69 Å². The van der Waals surface area contributed by atoms with E-state index in [1.54, 1.807) is 13.0 Å². The van der Waals surface area contributed by atoms with Gasteiger partial charge in [0.25, 0.3) is 0 Å². The SMILES string of the molecule is CCc1cc(C(Cc2cccc(Br)c2)C(=O)O)nc(C)n1. The van der Waals surface area contributed by atoms with Gasteiger partial charge in [0.15, 0.2) is 0 Å². The zero-order valence-corrected chi connectivity index (χ0v) is 13.6. The van der Waals surface area contributed by atoms with Gasteiger partial charge in [-0.3, -0.25) is 4.79 Å². The molecule has 0 aliphatic heterocycles. The van der Waals surface area contributed by atoms with Gasteiger partial charge in [-0.2, -0.15) is 0 Å². The lowest BCUT2D eigenvalue weighted by Crippen LogP contribution is -2.17. The Hall–Kier alpha value is -1.75. The number of benzene rings is 1. The molecule has 21 heavy (non-hydrogen) atoms. The van der Waals surface area contributed by atoms with Gasteiger partial charge in [0.2, 0.25) is 0 Å². The maximum atomic E-state index is 11.6. The lowest BCUT2D eigenvalue weighted by atomic mass is 9.95. The van der Waals surface area contributed by atoms with Gasteiger partial charge in [0.1, 0.15) is 11.7 Å². The third-order valence-electron chi connectivity index (χ3n) is 3.26. The Balaban J connectivity index is 2.35. The summed E-state index contributed by atoms with van der Waals surface area (Å²) in [6.45, 7) is 3.79. The summed E-state index contributed by atoms with van der Waals surface area (Å²) in [5.74, 6) is -0.911. The van der Waals surface area contributed by atoms with Crippen molar-refractivity contribution in [2.24, 2.45) is 0 Å². The normalized spacial score (nSPS) is 12.1. The second kappa shape index (κ2) is 6.80. The van der Waals surface area contributed by atoms with E-state index in [1.807, 2.05) is 31.2 Å². The molecule has 0 saturated carbocycles. The van der Waals surface area contributed by atoms with E-state index in [9.17, 15) is 9.90 Å². The Morgan fingerprint density at radius 1 is 1.33 bits per heavy atom. The molecule has 4 nitrogen and oxygen atoms in total. The number of carboxylic acids is 1. The minimum atomic E-state index is -0.866. The molecule has 1 aromatic heterocycles. The molecule has 2 aromatic rings. The first-order valence-corrected chi connectivity index (χ1v) is 7.60. The first kappa shape index (κ1) is 15.6. The molecule has 5 heteroatoms. The van der Waals surface area contributed by atoms with Crippen molar-refractivity contribution in [3.63, 3.8) is 0 Å². The van der Waals surface area contributed by atoms with Gasteiger partial charge in [-0.25, -0.2) is 9.97 Å². The van der Waals surface area contributed by atoms with Crippen LogP contribution in [0.3, 0.4) is 0 Å². The fourth-order valence-corrected chi connectivity index (χ4v) is 2.68. The van der Waals surface area contributed by atoms with Gasteiger partial charge in [0, 0.05) is 10.2 Å². The molecule has 110 valence electrons. The molecule has 0 radical (unpaired) electrons. The highest BCUT2D eigenvalue weighted by atomic mass is 79.9. The predicted molar refractivity (Wildman–Crippen MR) is 84.4 cm³/mol. The van der Waals surface area contributed by atoms with Gasteiger partial charge in [-0.15, -0.1) is 0 Å². The van der Waals surface area contributed by atoms with Crippen LogP contribution in [0.15, 0.2) is 34.8 Å². The van der Waals surface area contributed by atoms with Crippen LogP contribution in [0.2, 0.25) is 0 Å². The predicted octanol–water partition coefficient (Wildman–Crippen LogP) is 3.52. The number of aliphatic carboxylic acids is 1. The van der Waals surface area contributed by atoms with Gasteiger partial charge in [-0.05, 0) is 43.5 Å². The third-order valence-corrected chi connectivity index (χ3v) is 3.75. The number of carboxylic acid groups (broad SMARTS) is 1. The quantitative estimate of drug-likeness (QED) is 0.897. The van der Waals surface area contributed by atoms with Gasteiger partial charge >= 0.3 is 5.97 Å². The average molecular weight is 349 g/mol. The summed E-state index contributed by atoms with van der Waals surface area (Å²) in [5, 5.41) is 9.54. The number of halogens is 1. The van der Waals surface area contributed by atoms with Crippen LogP contribution in [0.4, 0.5) is 0 Å². The Morgan fingerprint density at radius 3 is 2.71 bits per heavy atom. The molecular weight excluding hydrogens is 332 g/mol. The number of rotatable bonds is 5. The van der Waals surface area contributed by atoms with Crippen molar-refractivity contribution >= 4 is 21.9 Å². The largest absolute Gasteiger partial charge is 0.481 e. The van der Waals surface area contributed by atoms with E-state index >= 15 is 0 Å². The molecule has 1 atom stereocenters. The van der Waals surface area contributed by atoms with Crippen molar-refractivity contribution in [2.45, 2.75) is 32.6 Å².